The Labute approximate surface area is 99.1 Å². The molecule has 0 aliphatic heterocycles. The van der Waals surface area contributed by atoms with Crippen LogP contribution in [0, 0.1) is 0 Å². The number of aromatic nitrogens is 2. The first-order chi connectivity index (χ1) is 8.29. The first-order valence-electron chi connectivity index (χ1n) is 5.16. The van der Waals surface area contributed by atoms with Crippen LogP contribution in [0.4, 0.5) is 5.95 Å². The Kier molecular flexibility index (Phi) is 3.40. The number of hydrogen-bond donors (Lipinski definition) is 2. The van der Waals surface area contributed by atoms with Crippen molar-refractivity contribution in [3.8, 4) is 11.5 Å². The van der Waals surface area contributed by atoms with Crippen molar-refractivity contribution < 1.29 is 9.84 Å². The maximum Gasteiger partial charge on any atom is 0.222 e. The van der Waals surface area contributed by atoms with E-state index in [9.17, 15) is 5.11 Å². The van der Waals surface area contributed by atoms with Crippen molar-refractivity contribution in [2.45, 2.75) is 6.54 Å². The van der Waals surface area contributed by atoms with Crippen molar-refractivity contribution in [1.29, 1.82) is 0 Å². The average molecular weight is 231 g/mol. The maximum atomic E-state index is 9.60. The van der Waals surface area contributed by atoms with Gasteiger partial charge in [-0.1, -0.05) is 6.07 Å². The Morgan fingerprint density at radius 3 is 2.71 bits per heavy atom. The van der Waals surface area contributed by atoms with Gasteiger partial charge >= 0.3 is 0 Å². The molecule has 0 amide bonds. The molecule has 1 heterocycles. The van der Waals surface area contributed by atoms with Crippen molar-refractivity contribution in [1.82, 2.24) is 9.97 Å². The van der Waals surface area contributed by atoms with Crippen LogP contribution < -0.4 is 10.1 Å². The molecule has 5 heteroatoms. The van der Waals surface area contributed by atoms with Crippen LogP contribution >= 0.6 is 0 Å². The Morgan fingerprint density at radius 2 is 2.06 bits per heavy atom. The molecule has 5 nitrogen and oxygen atoms in total. The molecule has 88 valence electrons. The summed E-state index contributed by atoms with van der Waals surface area (Å²) in [6, 6.07) is 6.99. The standard InChI is InChI=1S/C12H13N3O2/c1-17-11-4-3-9(7-10(11)16)8-15-12-13-5-2-6-14-12/h2-7,16H,8H2,1H3,(H,13,14,15). The predicted molar refractivity (Wildman–Crippen MR) is 64.0 cm³/mol. The van der Waals surface area contributed by atoms with Gasteiger partial charge in [0.1, 0.15) is 0 Å². The highest BCUT2D eigenvalue weighted by molar-refractivity contribution is 5.42. The smallest absolute Gasteiger partial charge is 0.222 e. The van der Waals surface area contributed by atoms with Gasteiger partial charge < -0.3 is 15.2 Å². The second-order valence-electron chi connectivity index (χ2n) is 3.43. The van der Waals surface area contributed by atoms with Crippen LogP contribution in [0.1, 0.15) is 5.56 Å². The fraction of sp³-hybridized carbons (Fsp3) is 0.167. The molecule has 0 fully saturated rings. The van der Waals surface area contributed by atoms with Gasteiger partial charge in [-0.2, -0.15) is 0 Å². The summed E-state index contributed by atoms with van der Waals surface area (Å²) in [7, 11) is 1.52. The van der Waals surface area contributed by atoms with E-state index in [1.807, 2.05) is 6.07 Å². The van der Waals surface area contributed by atoms with Gasteiger partial charge in [0.05, 0.1) is 7.11 Å². The first-order valence-corrected chi connectivity index (χ1v) is 5.16. The molecule has 0 aliphatic carbocycles. The number of phenolic OH excluding ortho intramolecular Hbond substituents is 1. The molecule has 2 N–H and O–H groups in total. The highest BCUT2D eigenvalue weighted by Gasteiger charge is 2.02. The number of ether oxygens (including phenoxy) is 1. The van der Waals surface area contributed by atoms with Gasteiger partial charge in [0.25, 0.3) is 0 Å². The Hall–Kier alpha value is -2.30. The van der Waals surface area contributed by atoms with E-state index in [0.29, 0.717) is 18.2 Å². The van der Waals surface area contributed by atoms with E-state index in [2.05, 4.69) is 15.3 Å². The number of anilines is 1. The monoisotopic (exact) mass is 231 g/mol. The first kappa shape index (κ1) is 11.2. The summed E-state index contributed by atoms with van der Waals surface area (Å²) >= 11 is 0. The summed E-state index contributed by atoms with van der Waals surface area (Å²) < 4.78 is 4.97. The van der Waals surface area contributed by atoms with Crippen LogP contribution in [0.5, 0.6) is 11.5 Å². The zero-order chi connectivity index (χ0) is 12.1. The van der Waals surface area contributed by atoms with E-state index in [1.165, 1.54) is 7.11 Å². The molecule has 2 rings (SSSR count). The Balaban J connectivity index is 2.02. The fourth-order valence-electron chi connectivity index (χ4n) is 1.42. The van der Waals surface area contributed by atoms with Gasteiger partial charge in [0.2, 0.25) is 5.95 Å². The second kappa shape index (κ2) is 5.16. The van der Waals surface area contributed by atoms with Crippen molar-refractivity contribution in [2.24, 2.45) is 0 Å². The minimum atomic E-state index is 0.126. The van der Waals surface area contributed by atoms with Gasteiger partial charge in [-0.25, -0.2) is 9.97 Å². The number of benzene rings is 1. The molecule has 0 spiro atoms. The lowest BCUT2D eigenvalue weighted by atomic mass is 10.2. The van der Waals surface area contributed by atoms with Gasteiger partial charge in [-0.05, 0) is 23.8 Å². The number of aromatic hydroxyl groups is 1. The lowest BCUT2D eigenvalue weighted by Gasteiger charge is -2.07. The molecule has 1 aromatic heterocycles. The minimum absolute atomic E-state index is 0.126. The Morgan fingerprint density at radius 1 is 1.29 bits per heavy atom. The third kappa shape index (κ3) is 2.84. The number of phenols is 1. The van der Waals surface area contributed by atoms with E-state index in [4.69, 9.17) is 4.74 Å². The molecule has 0 saturated heterocycles. The molecular weight excluding hydrogens is 218 g/mol. The number of rotatable bonds is 4. The van der Waals surface area contributed by atoms with E-state index in [0.717, 1.165) is 5.56 Å². The van der Waals surface area contributed by atoms with Crippen LogP contribution in [-0.2, 0) is 6.54 Å². The highest BCUT2D eigenvalue weighted by atomic mass is 16.5. The predicted octanol–water partition coefficient (Wildman–Crippen LogP) is 1.80. The molecule has 0 radical (unpaired) electrons. The molecule has 0 aliphatic rings. The molecule has 2 aromatic rings. The van der Waals surface area contributed by atoms with E-state index < -0.39 is 0 Å². The minimum Gasteiger partial charge on any atom is -0.504 e. The quantitative estimate of drug-likeness (QED) is 0.839. The number of nitrogens with one attached hydrogen (secondary N) is 1. The molecule has 0 atom stereocenters. The molecule has 0 unspecified atom stereocenters. The van der Waals surface area contributed by atoms with Crippen LogP contribution in [0.25, 0.3) is 0 Å². The van der Waals surface area contributed by atoms with Crippen LogP contribution in [0.3, 0.4) is 0 Å². The number of nitrogens with zero attached hydrogens (tertiary/aromatic N) is 2. The summed E-state index contributed by atoms with van der Waals surface area (Å²) in [5.41, 5.74) is 0.927. The van der Waals surface area contributed by atoms with E-state index >= 15 is 0 Å². The molecule has 17 heavy (non-hydrogen) atoms. The summed E-state index contributed by atoms with van der Waals surface area (Å²) in [6.45, 7) is 0.543. The molecule has 1 aromatic carbocycles. The molecule has 0 saturated carbocycles. The van der Waals surface area contributed by atoms with Crippen molar-refractivity contribution in [3.05, 3.63) is 42.2 Å². The second-order valence-corrected chi connectivity index (χ2v) is 3.43. The zero-order valence-electron chi connectivity index (χ0n) is 9.42. The van der Waals surface area contributed by atoms with E-state index in [1.54, 1.807) is 30.6 Å². The molecular formula is C12H13N3O2. The van der Waals surface area contributed by atoms with Crippen LogP contribution in [0.15, 0.2) is 36.7 Å². The van der Waals surface area contributed by atoms with Crippen molar-refractivity contribution in [2.75, 3.05) is 12.4 Å². The fourth-order valence-corrected chi connectivity index (χ4v) is 1.42. The van der Waals surface area contributed by atoms with Gasteiger partial charge in [-0.3, -0.25) is 0 Å². The third-order valence-corrected chi connectivity index (χ3v) is 2.26. The number of hydrogen-bond acceptors (Lipinski definition) is 5. The molecule has 0 bridgehead atoms. The third-order valence-electron chi connectivity index (χ3n) is 2.26. The van der Waals surface area contributed by atoms with Crippen LogP contribution in [0.2, 0.25) is 0 Å². The summed E-state index contributed by atoms with van der Waals surface area (Å²) in [4.78, 5) is 8.08. The lowest BCUT2D eigenvalue weighted by molar-refractivity contribution is 0.373. The van der Waals surface area contributed by atoms with Crippen molar-refractivity contribution in [3.63, 3.8) is 0 Å². The maximum absolute atomic E-state index is 9.60. The van der Waals surface area contributed by atoms with Gasteiger partial charge in [0.15, 0.2) is 11.5 Å². The average Bonchev–Trinajstić information content (AvgIpc) is 2.38. The lowest BCUT2D eigenvalue weighted by Crippen LogP contribution is -2.02. The van der Waals surface area contributed by atoms with Crippen molar-refractivity contribution >= 4 is 5.95 Å². The normalized spacial score (nSPS) is 9.94. The summed E-state index contributed by atoms with van der Waals surface area (Å²) in [5, 5.41) is 12.7. The van der Waals surface area contributed by atoms with Gasteiger partial charge in [0, 0.05) is 18.9 Å². The topological polar surface area (TPSA) is 67.3 Å². The SMILES string of the molecule is COc1ccc(CNc2ncccn2)cc1O. The number of methoxy groups -OCH3 is 1. The van der Waals surface area contributed by atoms with Gasteiger partial charge in [-0.15, -0.1) is 0 Å². The summed E-state index contributed by atoms with van der Waals surface area (Å²) in [5.74, 6) is 1.15. The summed E-state index contributed by atoms with van der Waals surface area (Å²) in [6.07, 6.45) is 3.33. The highest BCUT2D eigenvalue weighted by Crippen LogP contribution is 2.26. The van der Waals surface area contributed by atoms with E-state index in [-0.39, 0.29) is 5.75 Å². The zero-order valence-corrected chi connectivity index (χ0v) is 9.42. The largest absolute Gasteiger partial charge is 0.504 e. The van der Waals surface area contributed by atoms with Crippen LogP contribution in [-0.4, -0.2) is 22.2 Å². The Bertz CT molecular complexity index is 488.